The second-order valence-electron chi connectivity index (χ2n) is 3.94. The Morgan fingerprint density at radius 1 is 1.39 bits per heavy atom. The van der Waals surface area contributed by atoms with E-state index in [4.69, 9.17) is 17.3 Å². The van der Waals surface area contributed by atoms with Crippen molar-refractivity contribution in [3.8, 4) is 0 Å². The Bertz CT molecular complexity index is 562. The normalized spacial score (nSPS) is 12.4. The number of nitrogens with zero attached hydrogens (tertiary/aromatic N) is 1. The topological polar surface area (TPSA) is 38.9 Å². The van der Waals surface area contributed by atoms with Crippen LogP contribution < -0.4 is 5.73 Å². The first-order chi connectivity index (χ1) is 8.58. The number of benzene rings is 1. The molecule has 5 heteroatoms. The SMILES string of the molecule is NC(Cc1ccncc1Cl)c1ccc(Br)cc1F. The fourth-order valence-electron chi connectivity index (χ4n) is 1.72. The van der Waals surface area contributed by atoms with Crippen molar-refractivity contribution in [1.29, 1.82) is 0 Å². The summed E-state index contributed by atoms with van der Waals surface area (Å²) in [6.45, 7) is 0. The molecule has 0 radical (unpaired) electrons. The maximum absolute atomic E-state index is 13.7. The Morgan fingerprint density at radius 2 is 2.17 bits per heavy atom. The lowest BCUT2D eigenvalue weighted by Crippen LogP contribution is -2.15. The van der Waals surface area contributed by atoms with Crippen molar-refractivity contribution in [2.75, 3.05) is 0 Å². The fraction of sp³-hybridized carbons (Fsp3) is 0.154. The summed E-state index contributed by atoms with van der Waals surface area (Å²) in [7, 11) is 0. The summed E-state index contributed by atoms with van der Waals surface area (Å²) in [6.07, 6.45) is 3.67. The maximum atomic E-state index is 13.7. The molecule has 0 saturated carbocycles. The van der Waals surface area contributed by atoms with Crippen LogP contribution in [0.4, 0.5) is 4.39 Å². The predicted molar refractivity (Wildman–Crippen MR) is 74.0 cm³/mol. The number of aromatic nitrogens is 1. The zero-order valence-corrected chi connectivity index (χ0v) is 11.7. The van der Waals surface area contributed by atoms with Gasteiger partial charge < -0.3 is 5.73 Å². The quantitative estimate of drug-likeness (QED) is 0.928. The van der Waals surface area contributed by atoms with Crippen molar-refractivity contribution in [2.24, 2.45) is 5.73 Å². The van der Waals surface area contributed by atoms with Crippen molar-refractivity contribution in [3.05, 3.63) is 63.1 Å². The third kappa shape index (κ3) is 3.07. The first-order valence-electron chi connectivity index (χ1n) is 5.37. The van der Waals surface area contributed by atoms with Crippen molar-refractivity contribution >= 4 is 27.5 Å². The second-order valence-corrected chi connectivity index (χ2v) is 5.27. The van der Waals surface area contributed by atoms with Gasteiger partial charge in [0.1, 0.15) is 5.82 Å². The van der Waals surface area contributed by atoms with Gasteiger partial charge in [0.05, 0.1) is 5.02 Å². The van der Waals surface area contributed by atoms with E-state index in [0.29, 0.717) is 21.5 Å². The molecule has 1 aromatic carbocycles. The molecule has 2 aromatic rings. The van der Waals surface area contributed by atoms with Crippen LogP contribution in [0.1, 0.15) is 17.2 Å². The lowest BCUT2D eigenvalue weighted by atomic mass is 10.00. The molecule has 2 rings (SSSR count). The number of pyridine rings is 1. The lowest BCUT2D eigenvalue weighted by molar-refractivity contribution is 0.579. The average molecular weight is 330 g/mol. The maximum Gasteiger partial charge on any atom is 0.129 e. The summed E-state index contributed by atoms with van der Waals surface area (Å²) in [5.74, 6) is -0.318. The van der Waals surface area contributed by atoms with Gasteiger partial charge in [-0.05, 0) is 30.2 Å². The number of hydrogen-bond acceptors (Lipinski definition) is 2. The molecule has 1 heterocycles. The Morgan fingerprint density at radius 3 is 2.83 bits per heavy atom. The highest BCUT2D eigenvalue weighted by Gasteiger charge is 2.13. The molecule has 18 heavy (non-hydrogen) atoms. The molecule has 2 N–H and O–H groups in total. The zero-order chi connectivity index (χ0) is 13.1. The van der Waals surface area contributed by atoms with Crippen molar-refractivity contribution < 1.29 is 4.39 Å². The van der Waals surface area contributed by atoms with E-state index in [1.165, 1.54) is 6.07 Å². The van der Waals surface area contributed by atoms with Crippen molar-refractivity contribution in [2.45, 2.75) is 12.5 Å². The number of halogens is 3. The molecule has 0 aliphatic carbocycles. The third-order valence-corrected chi connectivity index (χ3v) is 3.49. The van der Waals surface area contributed by atoms with E-state index in [9.17, 15) is 4.39 Å². The van der Waals surface area contributed by atoms with Gasteiger partial charge >= 0.3 is 0 Å². The van der Waals surface area contributed by atoms with Crippen molar-refractivity contribution in [3.63, 3.8) is 0 Å². The van der Waals surface area contributed by atoms with Gasteiger partial charge in [-0.25, -0.2) is 4.39 Å². The van der Waals surface area contributed by atoms with Crippen LogP contribution in [0.3, 0.4) is 0 Å². The van der Waals surface area contributed by atoms with Gasteiger partial charge in [0.2, 0.25) is 0 Å². The molecule has 1 atom stereocenters. The summed E-state index contributed by atoms with van der Waals surface area (Å²) < 4.78 is 14.4. The number of hydrogen-bond donors (Lipinski definition) is 1. The summed E-state index contributed by atoms with van der Waals surface area (Å²) in [4.78, 5) is 3.90. The summed E-state index contributed by atoms with van der Waals surface area (Å²) in [5.41, 5.74) is 7.35. The molecule has 1 unspecified atom stereocenters. The van der Waals surface area contributed by atoms with E-state index in [0.717, 1.165) is 5.56 Å². The third-order valence-electron chi connectivity index (χ3n) is 2.66. The molecule has 0 aliphatic heterocycles. The Kier molecular flexibility index (Phi) is 4.32. The molecular formula is C13H11BrClFN2. The zero-order valence-electron chi connectivity index (χ0n) is 9.41. The van der Waals surface area contributed by atoms with Crippen LogP contribution in [0.15, 0.2) is 41.1 Å². The van der Waals surface area contributed by atoms with Gasteiger partial charge in [0.25, 0.3) is 0 Å². The van der Waals surface area contributed by atoms with Crippen LogP contribution >= 0.6 is 27.5 Å². The summed E-state index contributed by atoms with van der Waals surface area (Å²) >= 11 is 9.22. The van der Waals surface area contributed by atoms with E-state index >= 15 is 0 Å². The molecule has 0 bridgehead atoms. The average Bonchev–Trinajstić information content (AvgIpc) is 2.32. The molecule has 0 spiro atoms. The van der Waals surface area contributed by atoms with Crippen LogP contribution in [-0.4, -0.2) is 4.98 Å². The molecule has 0 aliphatic rings. The smallest absolute Gasteiger partial charge is 0.129 e. The molecule has 0 fully saturated rings. The highest BCUT2D eigenvalue weighted by atomic mass is 79.9. The molecule has 1 aromatic heterocycles. The lowest BCUT2D eigenvalue weighted by Gasteiger charge is -2.14. The van der Waals surface area contributed by atoms with Gasteiger partial charge in [-0.15, -0.1) is 0 Å². The van der Waals surface area contributed by atoms with Crippen molar-refractivity contribution in [1.82, 2.24) is 4.98 Å². The molecule has 94 valence electrons. The Balaban J connectivity index is 2.22. The van der Waals surface area contributed by atoms with Gasteiger partial charge in [-0.3, -0.25) is 4.98 Å². The minimum atomic E-state index is -0.432. The van der Waals surface area contributed by atoms with Gasteiger partial charge in [-0.1, -0.05) is 33.6 Å². The Labute approximate surface area is 118 Å². The van der Waals surface area contributed by atoms with Crippen LogP contribution in [-0.2, 0) is 6.42 Å². The summed E-state index contributed by atoms with van der Waals surface area (Å²) in [5, 5.41) is 0.547. The highest BCUT2D eigenvalue weighted by Crippen LogP contribution is 2.24. The second kappa shape index (κ2) is 5.78. The predicted octanol–water partition coefficient (Wildman–Crippen LogP) is 3.88. The first-order valence-corrected chi connectivity index (χ1v) is 6.54. The fourth-order valence-corrected chi connectivity index (χ4v) is 2.25. The van der Waals surface area contributed by atoms with Crippen LogP contribution in [0, 0.1) is 5.82 Å². The van der Waals surface area contributed by atoms with E-state index in [1.54, 1.807) is 30.6 Å². The molecule has 0 amide bonds. The number of rotatable bonds is 3. The van der Waals surface area contributed by atoms with E-state index < -0.39 is 6.04 Å². The minimum absolute atomic E-state index is 0.318. The Hall–Kier alpha value is -0.970. The standard InChI is InChI=1S/C13H11BrClFN2/c14-9-1-2-10(12(16)6-9)13(17)5-8-3-4-18-7-11(8)15/h1-4,6-7,13H,5,17H2. The van der Waals surface area contributed by atoms with Crippen LogP contribution in [0.5, 0.6) is 0 Å². The molecule has 0 saturated heterocycles. The molecule has 2 nitrogen and oxygen atoms in total. The number of nitrogens with two attached hydrogens (primary N) is 1. The highest BCUT2D eigenvalue weighted by molar-refractivity contribution is 9.10. The van der Waals surface area contributed by atoms with E-state index in [-0.39, 0.29) is 5.82 Å². The van der Waals surface area contributed by atoms with Gasteiger partial charge in [0.15, 0.2) is 0 Å². The van der Waals surface area contributed by atoms with Crippen LogP contribution in [0.2, 0.25) is 5.02 Å². The van der Waals surface area contributed by atoms with Gasteiger partial charge in [-0.2, -0.15) is 0 Å². The first kappa shape index (κ1) is 13.5. The van der Waals surface area contributed by atoms with E-state index in [1.807, 2.05) is 0 Å². The van der Waals surface area contributed by atoms with Gasteiger partial charge in [0, 0.05) is 28.5 Å². The minimum Gasteiger partial charge on any atom is -0.324 e. The monoisotopic (exact) mass is 328 g/mol. The summed E-state index contributed by atoms with van der Waals surface area (Å²) in [6, 6.07) is 6.21. The van der Waals surface area contributed by atoms with E-state index in [2.05, 4.69) is 20.9 Å². The van der Waals surface area contributed by atoms with Crippen LogP contribution in [0.25, 0.3) is 0 Å². The molecular weight excluding hydrogens is 319 g/mol. The largest absolute Gasteiger partial charge is 0.324 e.